The first-order chi connectivity index (χ1) is 5.74. The van der Waals surface area contributed by atoms with Gasteiger partial charge in [-0.2, -0.15) is 0 Å². The van der Waals surface area contributed by atoms with E-state index < -0.39 is 12.2 Å². The average molecular weight is 192 g/mol. The summed E-state index contributed by atoms with van der Waals surface area (Å²) in [5.41, 5.74) is 0. The van der Waals surface area contributed by atoms with Crippen molar-refractivity contribution < 1.29 is 14.6 Å². The predicted octanol–water partition coefficient (Wildman–Crippen LogP) is 0.251. The number of amides is 1. The fourth-order valence-electron chi connectivity index (χ4n) is 0.909. The lowest BCUT2D eigenvalue weighted by atomic mass is 10.2. The SMILES string of the molecule is O=C1NC(C(O)/C=C/CCl)CO1. The van der Waals surface area contributed by atoms with Crippen LogP contribution >= 0.6 is 11.6 Å². The molecule has 1 rings (SSSR count). The van der Waals surface area contributed by atoms with E-state index in [1.165, 1.54) is 6.08 Å². The maximum Gasteiger partial charge on any atom is 0.407 e. The lowest BCUT2D eigenvalue weighted by molar-refractivity contribution is 0.157. The number of alkyl carbamates (subject to hydrolysis) is 1. The molecule has 1 amide bonds. The molecule has 1 fully saturated rings. The van der Waals surface area contributed by atoms with Gasteiger partial charge in [-0.25, -0.2) is 4.79 Å². The zero-order chi connectivity index (χ0) is 8.97. The Labute approximate surface area is 75.2 Å². The van der Waals surface area contributed by atoms with E-state index in [4.69, 9.17) is 11.6 Å². The van der Waals surface area contributed by atoms with E-state index in [9.17, 15) is 9.90 Å². The van der Waals surface area contributed by atoms with Crippen LogP contribution in [-0.2, 0) is 4.74 Å². The van der Waals surface area contributed by atoms with Gasteiger partial charge in [0.15, 0.2) is 0 Å². The van der Waals surface area contributed by atoms with E-state index in [1.807, 2.05) is 0 Å². The highest BCUT2D eigenvalue weighted by atomic mass is 35.5. The molecule has 1 saturated heterocycles. The van der Waals surface area contributed by atoms with Crippen LogP contribution in [0.3, 0.4) is 0 Å². The molecule has 2 atom stereocenters. The van der Waals surface area contributed by atoms with E-state index in [-0.39, 0.29) is 12.6 Å². The third kappa shape index (κ3) is 2.39. The standard InChI is InChI=1S/C7H10ClNO3/c8-3-1-2-6(10)5-4-12-7(11)9-5/h1-2,5-6,10H,3-4H2,(H,9,11)/b2-1+. The number of hydrogen-bond acceptors (Lipinski definition) is 3. The number of alkyl halides is 1. The Bertz CT molecular complexity index is 195. The fourth-order valence-corrected chi connectivity index (χ4v) is 1.01. The Morgan fingerprint density at radius 2 is 2.67 bits per heavy atom. The van der Waals surface area contributed by atoms with E-state index in [0.717, 1.165) is 0 Å². The smallest absolute Gasteiger partial charge is 0.407 e. The molecule has 5 heteroatoms. The number of hydrogen-bond donors (Lipinski definition) is 2. The van der Waals surface area contributed by atoms with Gasteiger partial charge in [0.25, 0.3) is 0 Å². The van der Waals surface area contributed by atoms with E-state index >= 15 is 0 Å². The first-order valence-electron chi connectivity index (χ1n) is 3.58. The molecule has 0 spiro atoms. The highest BCUT2D eigenvalue weighted by molar-refractivity contribution is 6.18. The van der Waals surface area contributed by atoms with E-state index in [0.29, 0.717) is 5.88 Å². The number of rotatable bonds is 3. The van der Waals surface area contributed by atoms with Gasteiger partial charge in [-0.3, -0.25) is 0 Å². The van der Waals surface area contributed by atoms with Crippen LogP contribution in [0.2, 0.25) is 0 Å². The Hall–Kier alpha value is -0.740. The molecule has 0 radical (unpaired) electrons. The summed E-state index contributed by atoms with van der Waals surface area (Å²) in [6.07, 6.45) is 1.94. The number of carbonyl (C=O) groups excluding carboxylic acids is 1. The molecule has 12 heavy (non-hydrogen) atoms. The molecular weight excluding hydrogens is 182 g/mol. The molecule has 0 aliphatic carbocycles. The van der Waals surface area contributed by atoms with Crippen LogP contribution in [0.25, 0.3) is 0 Å². The van der Waals surface area contributed by atoms with Gasteiger partial charge < -0.3 is 15.2 Å². The Morgan fingerprint density at radius 1 is 1.92 bits per heavy atom. The summed E-state index contributed by atoms with van der Waals surface area (Å²) in [6, 6.07) is -0.350. The van der Waals surface area contributed by atoms with Crippen molar-refractivity contribution in [2.45, 2.75) is 12.1 Å². The fraction of sp³-hybridized carbons (Fsp3) is 0.571. The number of aliphatic hydroxyl groups excluding tert-OH is 1. The summed E-state index contributed by atoms with van der Waals surface area (Å²) in [5.74, 6) is 0.346. The highest BCUT2D eigenvalue weighted by Crippen LogP contribution is 2.03. The van der Waals surface area contributed by atoms with Crippen molar-refractivity contribution in [3.8, 4) is 0 Å². The minimum Gasteiger partial charge on any atom is -0.447 e. The van der Waals surface area contributed by atoms with Crippen molar-refractivity contribution in [1.82, 2.24) is 5.32 Å². The lowest BCUT2D eigenvalue weighted by Crippen LogP contribution is -2.36. The Kier molecular flexibility index (Phi) is 3.37. The molecule has 0 aromatic heterocycles. The van der Waals surface area contributed by atoms with Gasteiger partial charge in [-0.1, -0.05) is 12.2 Å². The van der Waals surface area contributed by atoms with Crippen molar-refractivity contribution in [2.75, 3.05) is 12.5 Å². The number of ether oxygens (including phenoxy) is 1. The molecule has 4 nitrogen and oxygen atoms in total. The predicted molar refractivity (Wildman–Crippen MR) is 44.1 cm³/mol. The molecule has 0 bridgehead atoms. The minimum absolute atomic E-state index is 0.201. The van der Waals surface area contributed by atoms with Gasteiger partial charge in [-0.05, 0) is 0 Å². The van der Waals surface area contributed by atoms with Crippen molar-refractivity contribution in [3.63, 3.8) is 0 Å². The number of aliphatic hydroxyl groups is 1. The maximum atomic E-state index is 10.5. The molecule has 0 saturated carbocycles. The molecule has 2 N–H and O–H groups in total. The van der Waals surface area contributed by atoms with Crippen LogP contribution in [-0.4, -0.2) is 35.8 Å². The monoisotopic (exact) mass is 191 g/mol. The molecule has 68 valence electrons. The minimum atomic E-state index is -0.727. The number of cyclic esters (lactones) is 1. The third-order valence-corrected chi connectivity index (χ3v) is 1.71. The zero-order valence-electron chi connectivity index (χ0n) is 6.37. The molecule has 0 aromatic rings. The van der Waals surface area contributed by atoms with Gasteiger partial charge in [0.2, 0.25) is 0 Å². The molecule has 1 aliphatic heterocycles. The molecular formula is C7H10ClNO3. The average Bonchev–Trinajstić information content (AvgIpc) is 2.47. The van der Waals surface area contributed by atoms with Crippen molar-refractivity contribution in [1.29, 1.82) is 0 Å². The van der Waals surface area contributed by atoms with Crippen LogP contribution in [0.5, 0.6) is 0 Å². The second-order valence-corrected chi connectivity index (χ2v) is 2.73. The van der Waals surface area contributed by atoms with Crippen LogP contribution in [0.1, 0.15) is 0 Å². The summed E-state index contributed by atoms with van der Waals surface area (Å²) in [4.78, 5) is 10.5. The van der Waals surface area contributed by atoms with Crippen LogP contribution in [0, 0.1) is 0 Å². The summed E-state index contributed by atoms with van der Waals surface area (Å²) < 4.78 is 4.59. The quantitative estimate of drug-likeness (QED) is 0.497. The van der Waals surface area contributed by atoms with Crippen LogP contribution in [0.15, 0.2) is 12.2 Å². The topological polar surface area (TPSA) is 58.6 Å². The largest absolute Gasteiger partial charge is 0.447 e. The van der Waals surface area contributed by atoms with Crippen LogP contribution < -0.4 is 5.32 Å². The van der Waals surface area contributed by atoms with Crippen molar-refractivity contribution in [3.05, 3.63) is 12.2 Å². The summed E-state index contributed by atoms with van der Waals surface area (Å²) in [6.45, 7) is 0.201. The summed E-state index contributed by atoms with van der Waals surface area (Å²) >= 11 is 5.36. The van der Waals surface area contributed by atoms with Crippen LogP contribution in [0.4, 0.5) is 4.79 Å². The Morgan fingerprint density at radius 3 is 3.17 bits per heavy atom. The van der Waals surface area contributed by atoms with Gasteiger partial charge in [0, 0.05) is 5.88 Å². The number of halogens is 1. The van der Waals surface area contributed by atoms with Gasteiger partial charge in [-0.15, -0.1) is 11.6 Å². The van der Waals surface area contributed by atoms with Gasteiger partial charge in [0.05, 0.1) is 12.1 Å². The van der Waals surface area contributed by atoms with Crippen molar-refractivity contribution >= 4 is 17.7 Å². The maximum absolute atomic E-state index is 10.5. The molecule has 2 unspecified atom stereocenters. The zero-order valence-corrected chi connectivity index (χ0v) is 7.12. The first-order valence-corrected chi connectivity index (χ1v) is 4.11. The Balaban J connectivity index is 2.37. The summed E-state index contributed by atoms with van der Waals surface area (Å²) in [5, 5.41) is 11.8. The number of carbonyl (C=O) groups is 1. The normalized spacial score (nSPS) is 25.5. The molecule has 1 heterocycles. The van der Waals surface area contributed by atoms with Gasteiger partial charge >= 0.3 is 6.09 Å². The number of allylic oxidation sites excluding steroid dienone is 1. The highest BCUT2D eigenvalue weighted by Gasteiger charge is 2.26. The van der Waals surface area contributed by atoms with E-state index in [2.05, 4.69) is 10.1 Å². The second-order valence-electron chi connectivity index (χ2n) is 2.42. The first kappa shape index (κ1) is 9.35. The lowest BCUT2D eigenvalue weighted by Gasteiger charge is -2.10. The number of nitrogens with one attached hydrogen (secondary N) is 1. The van der Waals surface area contributed by atoms with Gasteiger partial charge in [0.1, 0.15) is 6.61 Å². The second kappa shape index (κ2) is 4.33. The van der Waals surface area contributed by atoms with Crippen molar-refractivity contribution in [2.24, 2.45) is 0 Å². The van der Waals surface area contributed by atoms with E-state index in [1.54, 1.807) is 6.08 Å². The molecule has 0 aromatic carbocycles. The third-order valence-electron chi connectivity index (χ3n) is 1.53. The summed E-state index contributed by atoms with van der Waals surface area (Å²) in [7, 11) is 0. The molecule has 1 aliphatic rings.